The van der Waals surface area contributed by atoms with Crippen molar-refractivity contribution in [2.45, 2.75) is 6.54 Å². The minimum atomic E-state index is -0.599. The van der Waals surface area contributed by atoms with E-state index in [1.54, 1.807) is 16.8 Å². The first-order valence-corrected chi connectivity index (χ1v) is 6.85. The molecule has 0 aromatic heterocycles. The molecule has 22 heavy (non-hydrogen) atoms. The molecule has 0 N–H and O–H groups in total. The Morgan fingerprint density at radius 3 is 2.50 bits per heavy atom. The van der Waals surface area contributed by atoms with Gasteiger partial charge < -0.3 is 5.11 Å². The molecule has 0 radical (unpaired) electrons. The maximum Gasteiger partial charge on any atom is 0.299 e. The molecule has 0 aliphatic carbocycles. The van der Waals surface area contributed by atoms with E-state index in [0.717, 1.165) is 5.56 Å². The number of para-hydroxylation sites is 1. The van der Waals surface area contributed by atoms with Gasteiger partial charge in [-0.05, 0) is 12.1 Å². The molecule has 0 atom stereocenters. The molecule has 1 aliphatic rings. The van der Waals surface area contributed by atoms with E-state index >= 15 is 0 Å². The van der Waals surface area contributed by atoms with Crippen molar-refractivity contribution in [1.82, 2.24) is 0 Å². The van der Waals surface area contributed by atoms with Gasteiger partial charge >= 0.3 is 0 Å². The lowest BCUT2D eigenvalue weighted by Crippen LogP contribution is -2.19. The average Bonchev–Trinajstić information content (AvgIpc) is 2.96. The van der Waals surface area contributed by atoms with Gasteiger partial charge in [0.1, 0.15) is 0 Å². The van der Waals surface area contributed by atoms with Crippen LogP contribution in [0.4, 0.5) is 5.69 Å². The molecule has 110 valence electrons. The Morgan fingerprint density at radius 1 is 1.09 bits per heavy atom. The lowest BCUT2D eigenvalue weighted by atomic mass is 10.2. The lowest BCUT2D eigenvalue weighted by Gasteiger charge is -2.03. The molecule has 2 aromatic carbocycles. The third-order valence-electron chi connectivity index (χ3n) is 2.99. The van der Waals surface area contributed by atoms with Gasteiger partial charge in [0.25, 0.3) is 12.4 Å². The van der Waals surface area contributed by atoms with Gasteiger partial charge in [-0.1, -0.05) is 53.2 Å². The largest absolute Gasteiger partial charge is 0.844 e. The zero-order valence-corrected chi connectivity index (χ0v) is 11.8. The highest BCUT2D eigenvalue weighted by Gasteiger charge is 2.23. The molecule has 0 fully saturated rings. The van der Waals surface area contributed by atoms with Crippen LogP contribution in [0, 0.1) is 0 Å². The van der Waals surface area contributed by atoms with Gasteiger partial charge in [-0.2, -0.15) is 0 Å². The molecular formula is C16H14N4O2. The van der Waals surface area contributed by atoms with Gasteiger partial charge in [0.05, 0.1) is 11.7 Å². The van der Waals surface area contributed by atoms with Crippen LogP contribution < -0.4 is 5.11 Å². The molecule has 0 spiro atoms. The van der Waals surface area contributed by atoms with Crippen molar-refractivity contribution in [2.75, 3.05) is 6.54 Å². The van der Waals surface area contributed by atoms with Crippen molar-refractivity contribution in [3.8, 4) is 0 Å². The van der Waals surface area contributed by atoms with E-state index in [9.17, 15) is 5.11 Å². The predicted molar refractivity (Wildman–Crippen MR) is 79.8 cm³/mol. The van der Waals surface area contributed by atoms with Gasteiger partial charge in [0, 0.05) is 5.56 Å². The van der Waals surface area contributed by atoms with Crippen molar-refractivity contribution in [1.29, 1.82) is 0 Å². The summed E-state index contributed by atoms with van der Waals surface area (Å²) in [5.41, 5.74) is 1.67. The third kappa shape index (κ3) is 3.76. The number of rotatable bonds is 3. The number of nitrogens with zero attached hydrogens (tertiary/aromatic N) is 4. The van der Waals surface area contributed by atoms with E-state index in [1.807, 2.05) is 48.5 Å². The van der Waals surface area contributed by atoms with E-state index in [0.29, 0.717) is 18.8 Å². The van der Waals surface area contributed by atoms with Crippen LogP contribution in [-0.4, -0.2) is 23.2 Å². The first-order chi connectivity index (χ1) is 10.8. The Morgan fingerprint density at radius 2 is 1.77 bits per heavy atom. The molecule has 0 saturated carbocycles. The van der Waals surface area contributed by atoms with Crippen molar-refractivity contribution in [2.24, 2.45) is 15.3 Å². The maximum absolute atomic E-state index is 11.7. The number of benzene rings is 2. The lowest BCUT2D eigenvalue weighted by molar-refractivity contribution is -0.600. The Bertz CT molecular complexity index is 724. The average molecular weight is 294 g/mol. The first-order valence-electron chi connectivity index (χ1n) is 6.85. The highest BCUT2D eigenvalue weighted by molar-refractivity contribution is 5.90. The van der Waals surface area contributed by atoms with E-state index in [-0.39, 0.29) is 5.90 Å². The summed E-state index contributed by atoms with van der Waals surface area (Å²) in [6, 6.07) is 18.2. The second kappa shape index (κ2) is 6.62. The van der Waals surface area contributed by atoms with E-state index in [1.165, 1.54) is 0 Å². The van der Waals surface area contributed by atoms with Crippen molar-refractivity contribution in [3.05, 3.63) is 66.2 Å². The van der Waals surface area contributed by atoms with Crippen LogP contribution in [0.15, 0.2) is 75.9 Å². The van der Waals surface area contributed by atoms with Crippen LogP contribution in [0.3, 0.4) is 0 Å². The summed E-state index contributed by atoms with van der Waals surface area (Å²) in [5, 5.41) is 15.6. The standard InChI is InChI=1S/C16H14N4O2/c21-16(17-14-9-5-2-6-10-14)18-15-12-20(19-22-15)11-13-7-3-1-4-8-13/h1-10H,11-12H2/b18-15+. The SMILES string of the molecule is [O-]C(=Nc1ccccc1)/N=C1\C[N+](Cc2ccccc2)=NO1. The van der Waals surface area contributed by atoms with Crippen LogP contribution in [0.2, 0.25) is 0 Å². The van der Waals surface area contributed by atoms with Crippen LogP contribution in [-0.2, 0) is 11.4 Å². The van der Waals surface area contributed by atoms with Crippen LogP contribution in [0.5, 0.6) is 0 Å². The van der Waals surface area contributed by atoms with Gasteiger partial charge in [-0.15, -0.1) is 0 Å². The number of hydrogen-bond donors (Lipinski definition) is 0. The number of hydrogen-bond acceptors (Lipinski definition) is 4. The van der Waals surface area contributed by atoms with Gasteiger partial charge in [0.2, 0.25) is 0 Å². The summed E-state index contributed by atoms with van der Waals surface area (Å²) < 4.78 is 1.70. The fourth-order valence-corrected chi connectivity index (χ4v) is 2.00. The predicted octanol–water partition coefficient (Wildman–Crippen LogP) is 2.04. The minimum absolute atomic E-state index is 0.251. The Labute approximate surface area is 127 Å². The highest BCUT2D eigenvalue weighted by Crippen LogP contribution is 2.10. The third-order valence-corrected chi connectivity index (χ3v) is 2.99. The quantitative estimate of drug-likeness (QED) is 0.493. The molecule has 2 aromatic rings. The smallest absolute Gasteiger partial charge is 0.299 e. The highest BCUT2D eigenvalue weighted by atomic mass is 16.7. The maximum atomic E-state index is 11.7. The summed E-state index contributed by atoms with van der Waals surface area (Å²) >= 11 is 0. The summed E-state index contributed by atoms with van der Waals surface area (Å²) in [5.74, 6) is 0.251. The van der Waals surface area contributed by atoms with Crippen LogP contribution in [0.1, 0.15) is 5.56 Å². The molecule has 1 heterocycles. The minimum Gasteiger partial charge on any atom is -0.844 e. The second-order valence-corrected chi connectivity index (χ2v) is 4.72. The zero-order chi connectivity index (χ0) is 15.2. The summed E-state index contributed by atoms with van der Waals surface area (Å²) in [6.45, 7) is 0.953. The first kappa shape index (κ1) is 13.9. The van der Waals surface area contributed by atoms with Crippen LogP contribution in [0.25, 0.3) is 0 Å². The number of amidine groups is 1. The van der Waals surface area contributed by atoms with E-state index < -0.39 is 6.02 Å². The molecule has 0 unspecified atom stereocenters. The van der Waals surface area contributed by atoms with Gasteiger partial charge in [-0.25, -0.2) is 9.98 Å². The summed E-state index contributed by atoms with van der Waals surface area (Å²) in [4.78, 5) is 12.7. The molecule has 6 nitrogen and oxygen atoms in total. The van der Waals surface area contributed by atoms with Crippen molar-refractivity contribution in [3.63, 3.8) is 0 Å². The van der Waals surface area contributed by atoms with Crippen molar-refractivity contribution < 1.29 is 14.6 Å². The molecular weight excluding hydrogens is 280 g/mol. The summed E-state index contributed by atoms with van der Waals surface area (Å²) in [6.07, 6.45) is 0. The molecule has 0 amide bonds. The Kier molecular flexibility index (Phi) is 4.20. The fraction of sp³-hybridized carbons (Fsp3) is 0.125. The Balaban J connectivity index is 1.62. The fourth-order valence-electron chi connectivity index (χ4n) is 2.00. The topological polar surface area (TPSA) is 72.4 Å². The van der Waals surface area contributed by atoms with E-state index in [4.69, 9.17) is 4.84 Å². The molecule has 0 bridgehead atoms. The normalized spacial score (nSPS) is 16.5. The van der Waals surface area contributed by atoms with E-state index in [2.05, 4.69) is 15.3 Å². The molecule has 3 rings (SSSR count). The van der Waals surface area contributed by atoms with Crippen LogP contribution >= 0.6 is 0 Å². The second-order valence-electron chi connectivity index (χ2n) is 4.72. The molecule has 0 saturated heterocycles. The number of aliphatic imine (C=N–C) groups is 2. The van der Waals surface area contributed by atoms with Gasteiger partial charge in [0.15, 0.2) is 11.8 Å². The Hall–Kier alpha value is -3.02. The molecule has 6 heteroatoms. The van der Waals surface area contributed by atoms with Crippen molar-refractivity contribution >= 4 is 17.6 Å². The van der Waals surface area contributed by atoms with Gasteiger partial charge in [-0.3, -0.25) is 4.84 Å². The molecule has 1 aliphatic heterocycles. The monoisotopic (exact) mass is 294 g/mol. The summed E-state index contributed by atoms with van der Waals surface area (Å²) in [7, 11) is 0. The zero-order valence-electron chi connectivity index (χ0n) is 11.8.